The molecule has 1 atom stereocenters. The van der Waals surface area contributed by atoms with E-state index >= 15 is 0 Å². The molecule has 1 unspecified atom stereocenters. The van der Waals surface area contributed by atoms with Crippen LogP contribution < -0.4 is 10.6 Å². The van der Waals surface area contributed by atoms with Crippen molar-refractivity contribution in [2.24, 2.45) is 4.99 Å². The van der Waals surface area contributed by atoms with Gasteiger partial charge in [-0.3, -0.25) is 4.99 Å². The maximum atomic E-state index is 4.44. The highest BCUT2D eigenvalue weighted by Crippen LogP contribution is 2.24. The minimum Gasteiger partial charge on any atom is -0.356 e. The van der Waals surface area contributed by atoms with Gasteiger partial charge < -0.3 is 15.2 Å². The third kappa shape index (κ3) is 6.20. The molecule has 31 heavy (non-hydrogen) atoms. The summed E-state index contributed by atoms with van der Waals surface area (Å²) >= 11 is 0. The summed E-state index contributed by atoms with van der Waals surface area (Å²) in [6, 6.07) is 7.21. The number of aliphatic imine (C=N–C) groups is 1. The number of hydrogen-bond donors (Lipinski definition) is 2. The molecule has 2 heterocycles. The Kier molecular flexibility index (Phi) is 9.16. The van der Waals surface area contributed by atoms with Crippen LogP contribution in [0.4, 0.5) is 0 Å². The topological polar surface area (TPSA) is 67.1 Å². The van der Waals surface area contributed by atoms with Gasteiger partial charge in [-0.2, -0.15) is 0 Å². The van der Waals surface area contributed by atoms with Crippen molar-refractivity contribution in [2.75, 3.05) is 13.6 Å². The van der Waals surface area contributed by atoms with E-state index in [0.717, 1.165) is 44.1 Å². The van der Waals surface area contributed by atoms with Crippen molar-refractivity contribution in [1.29, 1.82) is 0 Å². The average Bonchev–Trinajstić information content (AvgIpc) is 3.01. The van der Waals surface area contributed by atoms with Gasteiger partial charge in [-0.15, -0.1) is 34.2 Å². The Morgan fingerprint density at radius 2 is 1.87 bits per heavy atom. The van der Waals surface area contributed by atoms with Crippen molar-refractivity contribution in [2.45, 2.75) is 83.7 Å². The lowest BCUT2D eigenvalue weighted by Gasteiger charge is -2.21. The maximum Gasteiger partial charge on any atom is 0.191 e. The second-order valence-electron chi connectivity index (χ2n) is 8.70. The van der Waals surface area contributed by atoms with Crippen LogP contribution in [0.15, 0.2) is 23.2 Å². The van der Waals surface area contributed by atoms with Crippen molar-refractivity contribution in [3.05, 3.63) is 46.5 Å². The van der Waals surface area contributed by atoms with Gasteiger partial charge in [0.05, 0.1) is 6.04 Å². The molecule has 1 aliphatic heterocycles. The third-order valence-corrected chi connectivity index (χ3v) is 6.51. The first-order valence-electron chi connectivity index (χ1n) is 11.7. The monoisotopic (exact) mass is 536 g/mol. The van der Waals surface area contributed by atoms with Gasteiger partial charge in [0.2, 0.25) is 0 Å². The molecule has 1 aliphatic carbocycles. The molecule has 0 saturated carbocycles. The highest BCUT2D eigenvalue weighted by Gasteiger charge is 2.15. The van der Waals surface area contributed by atoms with Crippen molar-refractivity contribution in [1.82, 2.24) is 25.4 Å². The molecule has 0 bridgehead atoms. The zero-order valence-corrected chi connectivity index (χ0v) is 21.3. The first kappa shape index (κ1) is 24.0. The summed E-state index contributed by atoms with van der Waals surface area (Å²) in [5.74, 6) is 3.17. The number of halogens is 1. The molecule has 2 N–H and O–H groups in total. The van der Waals surface area contributed by atoms with E-state index in [2.05, 4.69) is 55.5 Å². The number of nitrogens with one attached hydrogen (secondary N) is 2. The normalized spacial score (nSPS) is 17.0. The fraction of sp³-hybridized carbons (Fsp3) is 0.625. The second-order valence-corrected chi connectivity index (χ2v) is 8.70. The first-order valence-corrected chi connectivity index (χ1v) is 11.7. The summed E-state index contributed by atoms with van der Waals surface area (Å²) in [7, 11) is 1.84. The summed E-state index contributed by atoms with van der Waals surface area (Å²) < 4.78 is 2.35. The van der Waals surface area contributed by atoms with Gasteiger partial charge in [-0.25, -0.2) is 0 Å². The number of fused-ring (bicyclic) bond motifs is 2. The molecular weight excluding hydrogens is 499 g/mol. The molecular formula is C24H37IN6. The minimum atomic E-state index is 0. The highest BCUT2D eigenvalue weighted by molar-refractivity contribution is 14.0. The van der Waals surface area contributed by atoms with Crippen LogP contribution in [-0.2, 0) is 32.2 Å². The van der Waals surface area contributed by atoms with Crippen LogP contribution in [0.5, 0.6) is 0 Å². The van der Waals surface area contributed by atoms with E-state index in [0.29, 0.717) is 0 Å². The predicted molar refractivity (Wildman–Crippen MR) is 137 cm³/mol. The fourth-order valence-electron chi connectivity index (χ4n) is 4.69. The van der Waals surface area contributed by atoms with Gasteiger partial charge in [-0.1, -0.05) is 24.6 Å². The van der Waals surface area contributed by atoms with Crippen molar-refractivity contribution >= 4 is 29.9 Å². The fourth-order valence-corrected chi connectivity index (χ4v) is 4.69. The smallest absolute Gasteiger partial charge is 0.191 e. The van der Waals surface area contributed by atoms with Crippen LogP contribution in [-0.4, -0.2) is 34.3 Å². The summed E-state index contributed by atoms with van der Waals surface area (Å²) in [4.78, 5) is 4.42. The molecule has 0 fully saturated rings. The van der Waals surface area contributed by atoms with Gasteiger partial charge in [0.25, 0.3) is 0 Å². The van der Waals surface area contributed by atoms with Crippen molar-refractivity contribution in [3.63, 3.8) is 0 Å². The van der Waals surface area contributed by atoms with Crippen molar-refractivity contribution in [3.8, 4) is 0 Å². The molecule has 0 radical (unpaired) electrons. The van der Waals surface area contributed by atoms with Crippen LogP contribution in [0.3, 0.4) is 0 Å². The number of guanidine groups is 1. The number of aromatic nitrogens is 3. The Morgan fingerprint density at radius 1 is 1.06 bits per heavy atom. The van der Waals surface area contributed by atoms with E-state index in [1.807, 2.05) is 7.05 Å². The molecule has 6 nitrogen and oxygen atoms in total. The molecule has 0 amide bonds. The van der Waals surface area contributed by atoms with Gasteiger partial charge in [-0.05, 0) is 68.6 Å². The minimum absolute atomic E-state index is 0. The Balaban J connectivity index is 0.00000272. The lowest BCUT2D eigenvalue weighted by molar-refractivity contribution is 0.592. The zero-order chi connectivity index (χ0) is 20.8. The van der Waals surface area contributed by atoms with Gasteiger partial charge in [0, 0.05) is 33.0 Å². The SMILES string of the molecule is CN=C(NCCCc1nnc2n1CCCCC2)NC(C)c1ccc2c(c1)CCCC2.I. The number of aryl methyl sites for hydroxylation is 4. The molecule has 170 valence electrons. The lowest BCUT2D eigenvalue weighted by atomic mass is 9.89. The van der Waals surface area contributed by atoms with E-state index < -0.39 is 0 Å². The largest absolute Gasteiger partial charge is 0.356 e. The van der Waals surface area contributed by atoms with E-state index in [9.17, 15) is 0 Å². The molecule has 7 heteroatoms. The predicted octanol–water partition coefficient (Wildman–Crippen LogP) is 4.36. The van der Waals surface area contributed by atoms with Crippen LogP contribution in [0.1, 0.15) is 79.8 Å². The number of nitrogens with zero attached hydrogens (tertiary/aromatic N) is 4. The molecule has 1 aromatic carbocycles. The molecule has 0 saturated heterocycles. The van der Waals surface area contributed by atoms with Crippen LogP contribution in [0.25, 0.3) is 0 Å². The number of hydrogen-bond acceptors (Lipinski definition) is 3. The summed E-state index contributed by atoms with van der Waals surface area (Å²) in [6.45, 7) is 4.16. The Morgan fingerprint density at radius 3 is 2.71 bits per heavy atom. The van der Waals surface area contributed by atoms with Crippen LogP contribution in [0.2, 0.25) is 0 Å². The quantitative estimate of drug-likeness (QED) is 0.249. The summed E-state index contributed by atoms with van der Waals surface area (Å²) in [5.41, 5.74) is 4.40. The van der Waals surface area contributed by atoms with E-state index in [1.54, 1.807) is 0 Å². The van der Waals surface area contributed by atoms with Gasteiger partial charge in [0.1, 0.15) is 11.6 Å². The lowest BCUT2D eigenvalue weighted by Crippen LogP contribution is -2.39. The summed E-state index contributed by atoms with van der Waals surface area (Å²) in [5, 5.41) is 15.9. The number of benzene rings is 1. The third-order valence-electron chi connectivity index (χ3n) is 6.51. The van der Waals surface area contributed by atoms with Crippen LogP contribution in [0, 0.1) is 0 Å². The average molecular weight is 537 g/mol. The number of rotatable bonds is 6. The van der Waals surface area contributed by atoms with Gasteiger partial charge in [0.15, 0.2) is 5.96 Å². The van der Waals surface area contributed by atoms with Crippen LogP contribution >= 0.6 is 24.0 Å². The van der Waals surface area contributed by atoms with Crippen molar-refractivity contribution < 1.29 is 0 Å². The van der Waals surface area contributed by atoms with E-state index in [-0.39, 0.29) is 30.0 Å². The Hall–Kier alpha value is -1.64. The van der Waals surface area contributed by atoms with E-state index in [4.69, 9.17) is 0 Å². The van der Waals surface area contributed by atoms with E-state index in [1.165, 1.54) is 67.5 Å². The highest BCUT2D eigenvalue weighted by atomic mass is 127. The van der Waals surface area contributed by atoms with Gasteiger partial charge >= 0.3 is 0 Å². The standard InChI is InChI=1S/C24H36N6.HI/c1-18(20-14-13-19-9-5-6-10-21(19)17-20)27-24(25-2)26-15-8-12-23-29-28-22-11-4-3-7-16-30(22)23;/h13-14,17-18H,3-12,15-16H2,1-2H3,(H2,25,26,27);1H. The Labute approximate surface area is 203 Å². The molecule has 1 aromatic heterocycles. The first-order chi connectivity index (χ1) is 14.7. The summed E-state index contributed by atoms with van der Waals surface area (Å²) in [6.07, 6.45) is 11.9. The molecule has 4 rings (SSSR count). The molecule has 2 aromatic rings. The maximum absolute atomic E-state index is 4.44. The molecule has 0 spiro atoms. The second kappa shape index (κ2) is 11.8. The Bertz CT molecular complexity index is 875. The molecule has 2 aliphatic rings. The zero-order valence-electron chi connectivity index (χ0n) is 19.0.